The maximum Gasteiger partial charge on any atom is 0.337 e. The number of nitrogens with zero attached hydrogens (tertiary/aromatic N) is 1. The van der Waals surface area contributed by atoms with Crippen LogP contribution in [0.15, 0.2) is 54.6 Å². The summed E-state index contributed by atoms with van der Waals surface area (Å²) in [6.45, 7) is 2.90. The third kappa shape index (κ3) is 4.70. The van der Waals surface area contributed by atoms with Crippen molar-refractivity contribution in [3.05, 3.63) is 71.3 Å². The quantitative estimate of drug-likeness (QED) is 0.841. The van der Waals surface area contributed by atoms with Gasteiger partial charge in [0.15, 0.2) is 0 Å². The SMILES string of the molecule is COC(=O)c1ccc(C(=O)NC2CCN(Cc3ccccc3)CC2)cc1. The smallest absolute Gasteiger partial charge is 0.337 e. The number of carbonyl (C=O) groups excluding carboxylic acids is 2. The third-order valence-electron chi connectivity index (χ3n) is 4.74. The molecule has 0 spiro atoms. The lowest BCUT2D eigenvalue weighted by atomic mass is 10.0. The van der Waals surface area contributed by atoms with Crippen molar-refractivity contribution in [1.82, 2.24) is 10.2 Å². The van der Waals surface area contributed by atoms with Crippen LogP contribution in [0.5, 0.6) is 0 Å². The van der Waals surface area contributed by atoms with Crippen molar-refractivity contribution in [2.24, 2.45) is 0 Å². The van der Waals surface area contributed by atoms with Crippen molar-refractivity contribution < 1.29 is 14.3 Å². The number of methoxy groups -OCH3 is 1. The molecule has 0 saturated carbocycles. The molecule has 5 nitrogen and oxygen atoms in total. The zero-order valence-corrected chi connectivity index (χ0v) is 15.0. The Morgan fingerprint density at radius 3 is 2.23 bits per heavy atom. The highest BCUT2D eigenvalue weighted by molar-refractivity contribution is 5.96. The molecule has 0 aliphatic carbocycles. The van der Waals surface area contributed by atoms with E-state index in [1.807, 2.05) is 6.07 Å². The molecule has 3 rings (SSSR count). The van der Waals surface area contributed by atoms with Crippen LogP contribution in [-0.4, -0.2) is 43.0 Å². The van der Waals surface area contributed by atoms with Crippen LogP contribution in [0.3, 0.4) is 0 Å². The molecule has 0 radical (unpaired) electrons. The van der Waals surface area contributed by atoms with Gasteiger partial charge in [0, 0.05) is 31.2 Å². The van der Waals surface area contributed by atoms with Crippen LogP contribution < -0.4 is 5.32 Å². The Morgan fingerprint density at radius 2 is 1.62 bits per heavy atom. The molecule has 1 fully saturated rings. The molecule has 1 N–H and O–H groups in total. The van der Waals surface area contributed by atoms with Gasteiger partial charge in [-0.05, 0) is 42.7 Å². The molecule has 0 atom stereocenters. The molecule has 0 unspecified atom stereocenters. The maximum absolute atomic E-state index is 12.4. The van der Waals surface area contributed by atoms with Gasteiger partial charge in [0.1, 0.15) is 0 Å². The van der Waals surface area contributed by atoms with Crippen LogP contribution in [0.1, 0.15) is 39.1 Å². The second-order valence-corrected chi connectivity index (χ2v) is 6.58. The van der Waals surface area contributed by atoms with Gasteiger partial charge >= 0.3 is 5.97 Å². The molecule has 1 aliphatic rings. The summed E-state index contributed by atoms with van der Waals surface area (Å²) in [5.74, 6) is -0.495. The maximum atomic E-state index is 12.4. The summed E-state index contributed by atoms with van der Waals surface area (Å²) >= 11 is 0. The van der Waals surface area contributed by atoms with Crippen LogP contribution in [0.25, 0.3) is 0 Å². The molecule has 26 heavy (non-hydrogen) atoms. The van der Waals surface area contributed by atoms with Gasteiger partial charge in [-0.25, -0.2) is 4.79 Å². The Morgan fingerprint density at radius 1 is 1.00 bits per heavy atom. The Balaban J connectivity index is 1.48. The van der Waals surface area contributed by atoms with Crippen molar-refractivity contribution in [1.29, 1.82) is 0 Å². The molecular formula is C21H24N2O3. The van der Waals surface area contributed by atoms with Gasteiger partial charge in [0.2, 0.25) is 0 Å². The molecule has 1 saturated heterocycles. The summed E-state index contributed by atoms with van der Waals surface area (Å²) in [5, 5.41) is 3.10. The highest BCUT2D eigenvalue weighted by atomic mass is 16.5. The van der Waals surface area contributed by atoms with Gasteiger partial charge in [-0.3, -0.25) is 9.69 Å². The number of benzene rings is 2. The average molecular weight is 352 g/mol. The van der Waals surface area contributed by atoms with E-state index in [1.165, 1.54) is 12.7 Å². The van der Waals surface area contributed by atoms with E-state index in [0.29, 0.717) is 11.1 Å². The number of piperidine rings is 1. The molecule has 2 aromatic rings. The van der Waals surface area contributed by atoms with E-state index in [-0.39, 0.29) is 11.9 Å². The van der Waals surface area contributed by atoms with Gasteiger partial charge in [0.25, 0.3) is 5.91 Å². The van der Waals surface area contributed by atoms with Crippen molar-refractivity contribution in [3.63, 3.8) is 0 Å². The van der Waals surface area contributed by atoms with E-state index in [4.69, 9.17) is 0 Å². The predicted octanol–water partition coefficient (Wildman–Crippen LogP) is 2.87. The van der Waals surface area contributed by atoms with Crippen molar-refractivity contribution >= 4 is 11.9 Å². The van der Waals surface area contributed by atoms with E-state index >= 15 is 0 Å². The first kappa shape index (κ1) is 18.1. The van der Waals surface area contributed by atoms with Crippen LogP contribution in [0.2, 0.25) is 0 Å². The predicted molar refractivity (Wildman–Crippen MR) is 100.0 cm³/mol. The number of hydrogen-bond acceptors (Lipinski definition) is 4. The highest BCUT2D eigenvalue weighted by Crippen LogP contribution is 2.15. The van der Waals surface area contributed by atoms with E-state index in [0.717, 1.165) is 32.5 Å². The summed E-state index contributed by atoms with van der Waals surface area (Å²) in [7, 11) is 1.34. The first-order valence-electron chi connectivity index (χ1n) is 8.91. The standard InChI is InChI=1S/C21H24N2O3/c1-26-21(25)18-9-7-17(8-10-18)20(24)22-19-11-13-23(14-12-19)15-16-5-3-2-4-6-16/h2-10,19H,11-15H2,1H3,(H,22,24). The fourth-order valence-electron chi connectivity index (χ4n) is 3.22. The van der Waals surface area contributed by atoms with E-state index < -0.39 is 5.97 Å². The van der Waals surface area contributed by atoms with Crippen molar-refractivity contribution in [2.45, 2.75) is 25.4 Å². The van der Waals surface area contributed by atoms with Gasteiger partial charge < -0.3 is 10.1 Å². The summed E-state index contributed by atoms with van der Waals surface area (Å²) in [5.41, 5.74) is 2.32. The minimum atomic E-state index is -0.400. The van der Waals surface area contributed by atoms with Crippen LogP contribution >= 0.6 is 0 Å². The minimum absolute atomic E-state index is 0.0945. The second kappa shape index (κ2) is 8.63. The highest BCUT2D eigenvalue weighted by Gasteiger charge is 2.21. The van der Waals surface area contributed by atoms with Gasteiger partial charge in [0.05, 0.1) is 12.7 Å². The number of carbonyl (C=O) groups is 2. The number of nitrogens with one attached hydrogen (secondary N) is 1. The Hall–Kier alpha value is -2.66. The van der Waals surface area contributed by atoms with E-state index in [1.54, 1.807) is 24.3 Å². The molecule has 1 heterocycles. The molecule has 2 aromatic carbocycles. The van der Waals surface area contributed by atoms with E-state index in [2.05, 4.69) is 39.2 Å². The number of likely N-dealkylation sites (tertiary alicyclic amines) is 1. The lowest BCUT2D eigenvalue weighted by molar-refractivity contribution is 0.0600. The van der Waals surface area contributed by atoms with Crippen LogP contribution in [0, 0.1) is 0 Å². The average Bonchev–Trinajstić information content (AvgIpc) is 2.70. The van der Waals surface area contributed by atoms with E-state index in [9.17, 15) is 9.59 Å². The molecule has 1 amide bonds. The van der Waals surface area contributed by atoms with Crippen molar-refractivity contribution in [3.8, 4) is 0 Å². The Bertz CT molecular complexity index is 736. The summed E-state index contributed by atoms with van der Waals surface area (Å²) in [6.07, 6.45) is 1.89. The topological polar surface area (TPSA) is 58.6 Å². The zero-order chi connectivity index (χ0) is 18.4. The largest absolute Gasteiger partial charge is 0.465 e. The molecule has 0 aromatic heterocycles. The number of rotatable bonds is 5. The third-order valence-corrected chi connectivity index (χ3v) is 4.74. The normalized spacial score (nSPS) is 15.4. The number of hydrogen-bond donors (Lipinski definition) is 1. The second-order valence-electron chi connectivity index (χ2n) is 6.58. The summed E-state index contributed by atoms with van der Waals surface area (Å²) < 4.78 is 4.67. The Labute approximate surface area is 154 Å². The first-order valence-corrected chi connectivity index (χ1v) is 8.91. The lowest BCUT2D eigenvalue weighted by Gasteiger charge is -2.32. The fourth-order valence-corrected chi connectivity index (χ4v) is 3.22. The minimum Gasteiger partial charge on any atom is -0.465 e. The molecular weight excluding hydrogens is 328 g/mol. The van der Waals surface area contributed by atoms with Gasteiger partial charge in [-0.2, -0.15) is 0 Å². The lowest BCUT2D eigenvalue weighted by Crippen LogP contribution is -2.44. The van der Waals surface area contributed by atoms with Crippen molar-refractivity contribution in [2.75, 3.05) is 20.2 Å². The molecule has 1 aliphatic heterocycles. The number of esters is 1. The zero-order valence-electron chi connectivity index (χ0n) is 15.0. The molecule has 5 heteroatoms. The summed E-state index contributed by atoms with van der Waals surface area (Å²) in [6, 6.07) is 17.2. The molecule has 0 bridgehead atoms. The van der Waals surface area contributed by atoms with Gasteiger partial charge in [-0.1, -0.05) is 30.3 Å². The van der Waals surface area contributed by atoms with Gasteiger partial charge in [-0.15, -0.1) is 0 Å². The first-order chi connectivity index (χ1) is 12.7. The van der Waals surface area contributed by atoms with Crippen LogP contribution in [0.4, 0.5) is 0 Å². The monoisotopic (exact) mass is 352 g/mol. The summed E-state index contributed by atoms with van der Waals surface area (Å²) in [4.78, 5) is 26.3. The Kier molecular flexibility index (Phi) is 6.02. The number of amides is 1. The van der Waals surface area contributed by atoms with Crippen LogP contribution in [-0.2, 0) is 11.3 Å². The molecule has 136 valence electrons. The fraction of sp³-hybridized carbons (Fsp3) is 0.333. The number of ether oxygens (including phenoxy) is 1.